The Bertz CT molecular complexity index is 668. The lowest BCUT2D eigenvalue weighted by atomic mass is 10.1. The van der Waals surface area contributed by atoms with E-state index in [9.17, 15) is 9.18 Å². The molecule has 0 aliphatic rings. The smallest absolute Gasteiger partial charge is 0.337 e. The predicted molar refractivity (Wildman–Crippen MR) is 81.0 cm³/mol. The normalized spacial score (nSPS) is 10.3. The van der Waals surface area contributed by atoms with Gasteiger partial charge in [-0.3, -0.25) is 0 Å². The lowest BCUT2D eigenvalue weighted by Crippen LogP contribution is -2.06. The molecule has 0 aliphatic heterocycles. The Morgan fingerprint density at radius 1 is 1.19 bits per heavy atom. The van der Waals surface area contributed by atoms with Crippen molar-refractivity contribution in [1.29, 1.82) is 0 Å². The summed E-state index contributed by atoms with van der Waals surface area (Å²) in [5, 5.41) is 3.03. The number of rotatable bonds is 4. The molecule has 0 radical (unpaired) electrons. The molecule has 2 aromatic rings. The average Bonchev–Trinajstić information content (AvgIpc) is 2.47. The second-order valence-corrected chi connectivity index (χ2v) is 4.97. The fraction of sp³-hybridized carbons (Fsp3) is 0.235. The van der Waals surface area contributed by atoms with Crippen molar-refractivity contribution in [1.82, 2.24) is 0 Å². The molecule has 0 fully saturated rings. The number of nitrogens with one attached hydrogen (secondary N) is 1. The summed E-state index contributed by atoms with van der Waals surface area (Å²) in [5.74, 6) is -0.878. The van der Waals surface area contributed by atoms with E-state index in [1.807, 2.05) is 26.0 Å². The monoisotopic (exact) mass is 287 g/mol. The Labute approximate surface area is 123 Å². The molecule has 0 spiro atoms. The van der Waals surface area contributed by atoms with Crippen molar-refractivity contribution in [2.75, 3.05) is 12.4 Å². The standard InChI is InChI=1S/C17H18FNO2/c1-11-4-5-14(12(2)8-11)10-19-16-9-13(17(20)21-3)6-7-15(16)18/h4-9,19H,10H2,1-3H3. The van der Waals surface area contributed by atoms with Crippen LogP contribution in [0.15, 0.2) is 36.4 Å². The molecule has 2 aromatic carbocycles. The van der Waals surface area contributed by atoms with Crippen LogP contribution >= 0.6 is 0 Å². The molecular formula is C17H18FNO2. The first-order valence-corrected chi connectivity index (χ1v) is 6.69. The van der Waals surface area contributed by atoms with Gasteiger partial charge >= 0.3 is 5.97 Å². The number of benzene rings is 2. The van der Waals surface area contributed by atoms with Crippen molar-refractivity contribution in [3.8, 4) is 0 Å². The Kier molecular flexibility index (Phi) is 4.58. The quantitative estimate of drug-likeness (QED) is 0.868. The number of aryl methyl sites for hydroxylation is 2. The van der Waals surface area contributed by atoms with Gasteiger partial charge in [-0.1, -0.05) is 23.8 Å². The number of hydrogen-bond acceptors (Lipinski definition) is 3. The number of halogens is 1. The van der Waals surface area contributed by atoms with Gasteiger partial charge in [0.25, 0.3) is 0 Å². The van der Waals surface area contributed by atoms with Gasteiger partial charge in [-0.2, -0.15) is 0 Å². The van der Waals surface area contributed by atoms with Gasteiger partial charge in [0.1, 0.15) is 5.82 Å². The average molecular weight is 287 g/mol. The number of anilines is 1. The molecule has 0 saturated carbocycles. The summed E-state index contributed by atoms with van der Waals surface area (Å²) in [7, 11) is 1.30. The Morgan fingerprint density at radius 2 is 1.95 bits per heavy atom. The molecule has 2 rings (SSSR count). The molecule has 110 valence electrons. The van der Waals surface area contributed by atoms with Crippen LogP contribution in [0.3, 0.4) is 0 Å². The lowest BCUT2D eigenvalue weighted by molar-refractivity contribution is 0.0600. The van der Waals surface area contributed by atoms with E-state index >= 15 is 0 Å². The van der Waals surface area contributed by atoms with Crippen LogP contribution in [-0.2, 0) is 11.3 Å². The van der Waals surface area contributed by atoms with E-state index in [1.165, 1.54) is 30.9 Å². The van der Waals surface area contributed by atoms with Crippen molar-refractivity contribution < 1.29 is 13.9 Å². The first-order valence-electron chi connectivity index (χ1n) is 6.69. The van der Waals surface area contributed by atoms with E-state index in [2.05, 4.69) is 16.1 Å². The molecule has 3 nitrogen and oxygen atoms in total. The molecule has 0 heterocycles. The highest BCUT2D eigenvalue weighted by atomic mass is 19.1. The van der Waals surface area contributed by atoms with Crippen LogP contribution in [0, 0.1) is 19.7 Å². The van der Waals surface area contributed by atoms with E-state index < -0.39 is 11.8 Å². The summed E-state index contributed by atoms with van der Waals surface area (Å²) < 4.78 is 18.4. The molecular weight excluding hydrogens is 269 g/mol. The van der Waals surface area contributed by atoms with Crippen LogP contribution in [0.2, 0.25) is 0 Å². The predicted octanol–water partition coefficient (Wildman–Crippen LogP) is 3.84. The topological polar surface area (TPSA) is 38.3 Å². The first-order chi connectivity index (χ1) is 10.0. The molecule has 0 amide bonds. The Morgan fingerprint density at radius 3 is 2.62 bits per heavy atom. The van der Waals surface area contributed by atoms with Gasteiger partial charge in [0.15, 0.2) is 0 Å². The second kappa shape index (κ2) is 6.39. The molecule has 4 heteroatoms. The SMILES string of the molecule is COC(=O)c1ccc(F)c(NCc2ccc(C)cc2C)c1. The van der Waals surface area contributed by atoms with Gasteiger partial charge < -0.3 is 10.1 Å². The zero-order valence-corrected chi connectivity index (χ0v) is 12.4. The maximum absolute atomic E-state index is 13.8. The maximum atomic E-state index is 13.8. The highest BCUT2D eigenvalue weighted by Crippen LogP contribution is 2.19. The number of carbonyl (C=O) groups is 1. The van der Waals surface area contributed by atoms with Gasteiger partial charge in [-0.25, -0.2) is 9.18 Å². The van der Waals surface area contributed by atoms with Gasteiger partial charge in [0.2, 0.25) is 0 Å². The van der Waals surface area contributed by atoms with Crippen LogP contribution in [0.5, 0.6) is 0 Å². The number of methoxy groups -OCH3 is 1. The molecule has 1 N–H and O–H groups in total. The third-order valence-corrected chi connectivity index (χ3v) is 3.35. The van der Waals surface area contributed by atoms with Gasteiger partial charge in [0, 0.05) is 6.54 Å². The number of carbonyl (C=O) groups excluding carboxylic acids is 1. The lowest BCUT2D eigenvalue weighted by Gasteiger charge is -2.11. The van der Waals surface area contributed by atoms with Crippen molar-refractivity contribution >= 4 is 11.7 Å². The van der Waals surface area contributed by atoms with Crippen LogP contribution < -0.4 is 5.32 Å². The summed E-state index contributed by atoms with van der Waals surface area (Å²) >= 11 is 0. The summed E-state index contributed by atoms with van der Waals surface area (Å²) in [6.45, 7) is 4.54. The van der Waals surface area contributed by atoms with Gasteiger partial charge in [-0.05, 0) is 43.2 Å². The summed E-state index contributed by atoms with van der Waals surface area (Å²) in [6.07, 6.45) is 0. The van der Waals surface area contributed by atoms with Gasteiger partial charge in [-0.15, -0.1) is 0 Å². The van der Waals surface area contributed by atoms with E-state index in [1.54, 1.807) is 0 Å². The molecule has 0 aliphatic carbocycles. The zero-order chi connectivity index (χ0) is 15.4. The van der Waals surface area contributed by atoms with Gasteiger partial charge in [0.05, 0.1) is 18.4 Å². The molecule has 0 bridgehead atoms. The van der Waals surface area contributed by atoms with E-state index in [-0.39, 0.29) is 5.69 Å². The van der Waals surface area contributed by atoms with Crippen molar-refractivity contribution in [2.24, 2.45) is 0 Å². The second-order valence-electron chi connectivity index (χ2n) is 4.97. The number of ether oxygens (including phenoxy) is 1. The number of esters is 1. The fourth-order valence-corrected chi connectivity index (χ4v) is 2.14. The Balaban J connectivity index is 2.17. The fourth-order valence-electron chi connectivity index (χ4n) is 2.14. The maximum Gasteiger partial charge on any atom is 0.337 e. The van der Waals surface area contributed by atoms with E-state index in [0.29, 0.717) is 12.1 Å². The van der Waals surface area contributed by atoms with Crippen LogP contribution in [-0.4, -0.2) is 13.1 Å². The largest absolute Gasteiger partial charge is 0.465 e. The van der Waals surface area contributed by atoms with E-state index in [4.69, 9.17) is 0 Å². The van der Waals surface area contributed by atoms with Crippen molar-refractivity contribution in [2.45, 2.75) is 20.4 Å². The van der Waals surface area contributed by atoms with Crippen LogP contribution in [0.1, 0.15) is 27.0 Å². The molecule has 0 aromatic heterocycles. The highest BCUT2D eigenvalue weighted by Gasteiger charge is 2.10. The molecule has 0 unspecified atom stereocenters. The minimum Gasteiger partial charge on any atom is -0.465 e. The summed E-state index contributed by atoms with van der Waals surface area (Å²) in [5.41, 5.74) is 4.03. The number of hydrogen-bond donors (Lipinski definition) is 1. The molecule has 21 heavy (non-hydrogen) atoms. The summed E-state index contributed by atoms with van der Waals surface area (Å²) in [6, 6.07) is 10.2. The minimum absolute atomic E-state index is 0.290. The van der Waals surface area contributed by atoms with Crippen LogP contribution in [0.4, 0.5) is 10.1 Å². The summed E-state index contributed by atoms with van der Waals surface area (Å²) in [4.78, 5) is 11.5. The van der Waals surface area contributed by atoms with Crippen molar-refractivity contribution in [3.05, 3.63) is 64.5 Å². The van der Waals surface area contributed by atoms with Crippen LogP contribution in [0.25, 0.3) is 0 Å². The van der Waals surface area contributed by atoms with Crippen molar-refractivity contribution in [3.63, 3.8) is 0 Å². The zero-order valence-electron chi connectivity index (χ0n) is 12.4. The highest BCUT2D eigenvalue weighted by molar-refractivity contribution is 5.90. The van der Waals surface area contributed by atoms with E-state index in [0.717, 1.165) is 11.1 Å². The Hall–Kier alpha value is -2.36. The molecule has 0 saturated heterocycles. The third kappa shape index (κ3) is 3.60. The minimum atomic E-state index is -0.482. The molecule has 0 atom stereocenters. The third-order valence-electron chi connectivity index (χ3n) is 3.35. The first kappa shape index (κ1) is 15.0.